The summed E-state index contributed by atoms with van der Waals surface area (Å²) in [6.45, 7) is 4.50. The van der Waals surface area contributed by atoms with Gasteiger partial charge in [-0.3, -0.25) is 4.79 Å². The molecule has 2 fully saturated rings. The zero-order valence-corrected chi connectivity index (χ0v) is 13.4. The van der Waals surface area contributed by atoms with Crippen LogP contribution in [0.25, 0.3) is 0 Å². The number of nitrogens with zero attached hydrogens (tertiary/aromatic N) is 2. The standard InChI is InChI=1S/C18H26N2O2/c1-22-13-12-19-11-9-16(14-19)18(21)20-10-5-8-17(20)15-6-3-2-4-7-15/h2-4,6-7,16-17H,5,8-14H2,1H3/t16-,17+/m0/s1. The molecule has 2 aliphatic heterocycles. The molecule has 0 N–H and O–H groups in total. The molecule has 2 atom stereocenters. The maximum Gasteiger partial charge on any atom is 0.227 e. The lowest BCUT2D eigenvalue weighted by atomic mass is 10.0. The topological polar surface area (TPSA) is 32.8 Å². The van der Waals surface area contributed by atoms with Gasteiger partial charge in [-0.05, 0) is 31.4 Å². The van der Waals surface area contributed by atoms with Crippen molar-refractivity contribution in [3.8, 4) is 0 Å². The summed E-state index contributed by atoms with van der Waals surface area (Å²) >= 11 is 0. The molecule has 120 valence electrons. The molecule has 2 heterocycles. The second-order valence-electron chi connectivity index (χ2n) is 6.38. The maximum atomic E-state index is 12.9. The van der Waals surface area contributed by atoms with Crippen LogP contribution in [0.4, 0.5) is 0 Å². The Bertz CT molecular complexity index is 491. The summed E-state index contributed by atoms with van der Waals surface area (Å²) in [6, 6.07) is 10.7. The van der Waals surface area contributed by atoms with Gasteiger partial charge < -0.3 is 14.5 Å². The number of carbonyl (C=O) groups is 1. The monoisotopic (exact) mass is 302 g/mol. The smallest absolute Gasteiger partial charge is 0.227 e. The van der Waals surface area contributed by atoms with Crippen molar-refractivity contribution in [3.05, 3.63) is 35.9 Å². The van der Waals surface area contributed by atoms with Gasteiger partial charge in [-0.1, -0.05) is 30.3 Å². The first kappa shape index (κ1) is 15.5. The first-order chi connectivity index (χ1) is 10.8. The Hall–Kier alpha value is -1.39. The van der Waals surface area contributed by atoms with Gasteiger partial charge in [0.1, 0.15) is 0 Å². The van der Waals surface area contributed by atoms with Crippen LogP contribution in [0.5, 0.6) is 0 Å². The van der Waals surface area contributed by atoms with Gasteiger partial charge in [0, 0.05) is 26.7 Å². The molecule has 1 aromatic rings. The second-order valence-corrected chi connectivity index (χ2v) is 6.38. The Kier molecular flexibility index (Phi) is 5.11. The summed E-state index contributed by atoms with van der Waals surface area (Å²) in [6.07, 6.45) is 3.20. The summed E-state index contributed by atoms with van der Waals surface area (Å²) in [5.41, 5.74) is 1.28. The minimum Gasteiger partial charge on any atom is -0.383 e. The van der Waals surface area contributed by atoms with Crippen LogP contribution in [0.15, 0.2) is 30.3 Å². The van der Waals surface area contributed by atoms with Crippen molar-refractivity contribution in [1.82, 2.24) is 9.80 Å². The molecular weight excluding hydrogens is 276 g/mol. The summed E-state index contributed by atoms with van der Waals surface area (Å²) < 4.78 is 5.14. The Labute approximate surface area is 133 Å². The highest BCUT2D eigenvalue weighted by atomic mass is 16.5. The molecule has 1 amide bonds. The average molecular weight is 302 g/mol. The second kappa shape index (κ2) is 7.25. The van der Waals surface area contributed by atoms with E-state index in [1.165, 1.54) is 5.56 Å². The lowest BCUT2D eigenvalue weighted by molar-refractivity contribution is -0.136. The Morgan fingerprint density at radius 3 is 2.82 bits per heavy atom. The average Bonchev–Trinajstić information content (AvgIpc) is 3.22. The van der Waals surface area contributed by atoms with E-state index < -0.39 is 0 Å². The van der Waals surface area contributed by atoms with E-state index in [2.05, 4.69) is 34.1 Å². The molecule has 0 bridgehead atoms. The van der Waals surface area contributed by atoms with E-state index in [-0.39, 0.29) is 12.0 Å². The van der Waals surface area contributed by atoms with E-state index in [1.54, 1.807) is 7.11 Å². The molecule has 22 heavy (non-hydrogen) atoms. The molecule has 2 aliphatic rings. The number of benzene rings is 1. The zero-order chi connectivity index (χ0) is 15.4. The van der Waals surface area contributed by atoms with Crippen molar-refractivity contribution in [2.75, 3.05) is 39.9 Å². The van der Waals surface area contributed by atoms with Gasteiger partial charge >= 0.3 is 0 Å². The molecular formula is C18H26N2O2. The summed E-state index contributed by atoms with van der Waals surface area (Å²) in [7, 11) is 1.73. The van der Waals surface area contributed by atoms with E-state index >= 15 is 0 Å². The Morgan fingerprint density at radius 2 is 2.05 bits per heavy atom. The van der Waals surface area contributed by atoms with Gasteiger partial charge in [0.2, 0.25) is 5.91 Å². The van der Waals surface area contributed by atoms with E-state index in [1.807, 2.05) is 6.07 Å². The quantitative estimate of drug-likeness (QED) is 0.837. The molecule has 4 nitrogen and oxygen atoms in total. The van der Waals surface area contributed by atoms with Crippen LogP contribution in [-0.4, -0.2) is 55.6 Å². The van der Waals surface area contributed by atoms with Crippen LogP contribution >= 0.6 is 0 Å². The largest absolute Gasteiger partial charge is 0.383 e. The van der Waals surface area contributed by atoms with Crippen molar-refractivity contribution < 1.29 is 9.53 Å². The van der Waals surface area contributed by atoms with Gasteiger partial charge in [-0.2, -0.15) is 0 Å². The van der Waals surface area contributed by atoms with Crippen LogP contribution in [0.2, 0.25) is 0 Å². The van der Waals surface area contributed by atoms with E-state index in [0.717, 1.165) is 52.0 Å². The van der Waals surface area contributed by atoms with Crippen molar-refractivity contribution in [2.24, 2.45) is 5.92 Å². The molecule has 4 heteroatoms. The maximum absolute atomic E-state index is 12.9. The number of ether oxygens (including phenoxy) is 1. The highest BCUT2D eigenvalue weighted by Gasteiger charge is 2.36. The van der Waals surface area contributed by atoms with Crippen LogP contribution in [0, 0.1) is 5.92 Å². The molecule has 0 aromatic heterocycles. The van der Waals surface area contributed by atoms with Gasteiger partial charge in [-0.15, -0.1) is 0 Å². The molecule has 2 saturated heterocycles. The Morgan fingerprint density at radius 1 is 1.23 bits per heavy atom. The lowest BCUT2D eigenvalue weighted by Gasteiger charge is -2.28. The summed E-state index contributed by atoms with van der Waals surface area (Å²) in [4.78, 5) is 17.4. The van der Waals surface area contributed by atoms with Crippen LogP contribution in [0.1, 0.15) is 30.9 Å². The van der Waals surface area contributed by atoms with Crippen molar-refractivity contribution in [2.45, 2.75) is 25.3 Å². The Balaban J connectivity index is 1.62. The zero-order valence-electron chi connectivity index (χ0n) is 13.4. The highest BCUT2D eigenvalue weighted by Crippen LogP contribution is 2.34. The number of methoxy groups -OCH3 is 1. The summed E-state index contributed by atoms with van der Waals surface area (Å²) in [5.74, 6) is 0.521. The van der Waals surface area contributed by atoms with Gasteiger partial charge in [0.15, 0.2) is 0 Å². The van der Waals surface area contributed by atoms with Crippen molar-refractivity contribution in [1.29, 1.82) is 0 Å². The lowest BCUT2D eigenvalue weighted by Crippen LogP contribution is -2.37. The first-order valence-electron chi connectivity index (χ1n) is 8.36. The highest BCUT2D eigenvalue weighted by molar-refractivity contribution is 5.80. The number of amides is 1. The molecule has 0 radical (unpaired) electrons. The van der Waals surface area contributed by atoms with E-state index in [9.17, 15) is 4.79 Å². The first-order valence-corrected chi connectivity index (χ1v) is 8.36. The van der Waals surface area contributed by atoms with Gasteiger partial charge in [0.05, 0.1) is 18.6 Å². The third-order valence-corrected chi connectivity index (χ3v) is 4.95. The molecule has 0 spiro atoms. The van der Waals surface area contributed by atoms with Crippen LogP contribution < -0.4 is 0 Å². The minimum absolute atomic E-state index is 0.168. The third-order valence-electron chi connectivity index (χ3n) is 4.95. The van der Waals surface area contributed by atoms with Gasteiger partial charge in [0.25, 0.3) is 0 Å². The number of hydrogen-bond donors (Lipinski definition) is 0. The summed E-state index contributed by atoms with van der Waals surface area (Å²) in [5, 5.41) is 0. The predicted molar refractivity (Wildman–Crippen MR) is 86.6 cm³/mol. The normalized spacial score (nSPS) is 25.8. The van der Waals surface area contributed by atoms with Crippen molar-refractivity contribution >= 4 is 5.91 Å². The van der Waals surface area contributed by atoms with E-state index in [0.29, 0.717) is 5.91 Å². The molecule has 3 rings (SSSR count). The van der Waals surface area contributed by atoms with Crippen LogP contribution in [0.3, 0.4) is 0 Å². The van der Waals surface area contributed by atoms with E-state index in [4.69, 9.17) is 4.74 Å². The fraction of sp³-hybridized carbons (Fsp3) is 0.611. The predicted octanol–water partition coefficient (Wildman–Crippen LogP) is 2.32. The number of rotatable bonds is 5. The van der Waals surface area contributed by atoms with Gasteiger partial charge in [-0.25, -0.2) is 0 Å². The fourth-order valence-electron chi connectivity index (χ4n) is 3.74. The molecule has 0 saturated carbocycles. The minimum atomic E-state index is 0.168. The third kappa shape index (κ3) is 3.33. The molecule has 0 unspecified atom stereocenters. The number of carbonyl (C=O) groups excluding carboxylic acids is 1. The molecule has 1 aromatic carbocycles. The van der Waals surface area contributed by atoms with Crippen LogP contribution in [-0.2, 0) is 9.53 Å². The number of likely N-dealkylation sites (tertiary alicyclic amines) is 2. The number of hydrogen-bond acceptors (Lipinski definition) is 3. The molecule has 0 aliphatic carbocycles. The fourth-order valence-corrected chi connectivity index (χ4v) is 3.74. The van der Waals surface area contributed by atoms with Crippen molar-refractivity contribution in [3.63, 3.8) is 0 Å². The SMILES string of the molecule is COCCN1CC[C@H](C(=O)N2CCC[C@@H]2c2ccccc2)C1.